The highest BCUT2D eigenvalue weighted by molar-refractivity contribution is 5.59. The van der Waals surface area contributed by atoms with E-state index in [0.717, 1.165) is 25.7 Å². The number of hydrogen-bond donors (Lipinski definition) is 0. The number of rotatable bonds is 8. The molecule has 0 bridgehead atoms. The topological polar surface area (TPSA) is 17.1 Å². The highest BCUT2D eigenvalue weighted by Crippen LogP contribution is 2.17. The minimum absolute atomic E-state index is 0.321. The molecule has 0 saturated carbocycles. The summed E-state index contributed by atoms with van der Waals surface area (Å²) in [6.45, 7) is 5.97. The fourth-order valence-electron chi connectivity index (χ4n) is 1.18. The van der Waals surface area contributed by atoms with Crippen LogP contribution in [0.5, 0.6) is 0 Å². The molecule has 0 unspecified atom stereocenters. The Morgan fingerprint density at radius 2 is 1.67 bits per heavy atom. The van der Waals surface area contributed by atoms with Crippen LogP contribution in [0, 0.1) is 5.41 Å². The van der Waals surface area contributed by atoms with Crippen molar-refractivity contribution >= 4 is 6.29 Å². The van der Waals surface area contributed by atoms with Crippen LogP contribution in [0.3, 0.4) is 0 Å². The standard InChI is InChI=1S/C14H23O/c1-4-5-6-7-8-9-10-11-12-14(2,3)13-15/h5-6,10-11H,4,7-9,12H2,1-3H3. The molecule has 0 atom stereocenters. The maximum absolute atomic E-state index is 10.5. The maximum atomic E-state index is 10.5. The van der Waals surface area contributed by atoms with E-state index in [1.165, 1.54) is 6.42 Å². The van der Waals surface area contributed by atoms with Crippen LogP contribution in [-0.2, 0) is 4.79 Å². The van der Waals surface area contributed by atoms with Crippen LogP contribution in [0.25, 0.3) is 0 Å². The summed E-state index contributed by atoms with van der Waals surface area (Å²) in [5.41, 5.74) is -0.321. The summed E-state index contributed by atoms with van der Waals surface area (Å²) in [5.74, 6) is 0. The van der Waals surface area contributed by atoms with Gasteiger partial charge in [0.15, 0.2) is 0 Å². The zero-order valence-electron chi connectivity index (χ0n) is 10.3. The van der Waals surface area contributed by atoms with E-state index >= 15 is 0 Å². The van der Waals surface area contributed by atoms with Gasteiger partial charge in [0.1, 0.15) is 0 Å². The van der Waals surface area contributed by atoms with E-state index in [1.807, 2.05) is 20.1 Å². The van der Waals surface area contributed by atoms with Crippen molar-refractivity contribution in [1.82, 2.24) is 0 Å². The molecule has 0 saturated heterocycles. The molecule has 0 spiro atoms. The molecule has 15 heavy (non-hydrogen) atoms. The van der Waals surface area contributed by atoms with Gasteiger partial charge in [-0.2, -0.15) is 0 Å². The quantitative estimate of drug-likeness (QED) is 0.430. The number of unbranched alkanes of at least 4 members (excludes halogenated alkanes) is 2. The van der Waals surface area contributed by atoms with Crippen molar-refractivity contribution in [1.29, 1.82) is 0 Å². The van der Waals surface area contributed by atoms with Gasteiger partial charge in [0.25, 0.3) is 0 Å². The van der Waals surface area contributed by atoms with Gasteiger partial charge in [0.2, 0.25) is 6.29 Å². The molecule has 0 amide bonds. The minimum atomic E-state index is -0.321. The molecule has 0 aliphatic carbocycles. The first-order valence-electron chi connectivity index (χ1n) is 5.81. The summed E-state index contributed by atoms with van der Waals surface area (Å²) in [6.07, 6.45) is 16.1. The maximum Gasteiger partial charge on any atom is 0.204 e. The Labute approximate surface area is 94.3 Å². The van der Waals surface area contributed by atoms with E-state index in [-0.39, 0.29) is 5.41 Å². The highest BCUT2D eigenvalue weighted by atomic mass is 16.1. The lowest BCUT2D eigenvalue weighted by Crippen LogP contribution is -2.10. The van der Waals surface area contributed by atoms with E-state index < -0.39 is 0 Å². The smallest absolute Gasteiger partial charge is 0.204 e. The number of hydrogen-bond acceptors (Lipinski definition) is 1. The largest absolute Gasteiger partial charge is 0.290 e. The Morgan fingerprint density at radius 3 is 2.20 bits per heavy atom. The Morgan fingerprint density at radius 1 is 1.07 bits per heavy atom. The summed E-state index contributed by atoms with van der Waals surface area (Å²) in [4.78, 5) is 10.5. The van der Waals surface area contributed by atoms with Crippen LogP contribution in [0.4, 0.5) is 0 Å². The molecule has 0 aliphatic heterocycles. The summed E-state index contributed by atoms with van der Waals surface area (Å²) in [6, 6.07) is 0. The normalized spacial score (nSPS) is 12.7. The zero-order chi connectivity index (χ0) is 11.6. The van der Waals surface area contributed by atoms with E-state index in [9.17, 15) is 4.79 Å². The molecule has 0 aliphatic rings. The molecule has 0 aromatic heterocycles. The van der Waals surface area contributed by atoms with Crippen LogP contribution in [0.15, 0.2) is 24.3 Å². The van der Waals surface area contributed by atoms with Crippen LogP contribution in [0.2, 0.25) is 0 Å². The first-order valence-corrected chi connectivity index (χ1v) is 5.81. The Kier molecular flexibility index (Phi) is 7.98. The third-order valence-corrected chi connectivity index (χ3v) is 2.22. The van der Waals surface area contributed by atoms with Gasteiger partial charge >= 0.3 is 0 Å². The van der Waals surface area contributed by atoms with Crippen molar-refractivity contribution in [2.24, 2.45) is 5.41 Å². The van der Waals surface area contributed by atoms with E-state index in [2.05, 4.69) is 31.2 Å². The van der Waals surface area contributed by atoms with E-state index in [0.29, 0.717) is 0 Å². The summed E-state index contributed by atoms with van der Waals surface area (Å²) >= 11 is 0. The second-order valence-corrected chi connectivity index (χ2v) is 4.47. The summed E-state index contributed by atoms with van der Waals surface area (Å²) in [7, 11) is 0. The lowest BCUT2D eigenvalue weighted by Gasteiger charge is -2.11. The molecule has 0 N–H and O–H groups in total. The lowest BCUT2D eigenvalue weighted by molar-refractivity contribution is 0.454. The van der Waals surface area contributed by atoms with Crippen molar-refractivity contribution < 1.29 is 4.79 Å². The summed E-state index contributed by atoms with van der Waals surface area (Å²) < 4.78 is 0. The molecule has 0 rings (SSSR count). The minimum Gasteiger partial charge on any atom is -0.290 e. The van der Waals surface area contributed by atoms with E-state index in [4.69, 9.17) is 0 Å². The van der Waals surface area contributed by atoms with Crippen molar-refractivity contribution in [2.45, 2.75) is 52.9 Å². The Balaban J connectivity index is 3.47. The van der Waals surface area contributed by atoms with Gasteiger partial charge in [0, 0.05) is 5.41 Å². The highest BCUT2D eigenvalue weighted by Gasteiger charge is 2.14. The second kappa shape index (κ2) is 8.46. The van der Waals surface area contributed by atoms with Crippen LogP contribution < -0.4 is 0 Å². The molecule has 0 fully saturated rings. The molecule has 85 valence electrons. The van der Waals surface area contributed by atoms with Gasteiger partial charge in [-0.15, -0.1) is 0 Å². The molecule has 1 heteroatoms. The van der Waals surface area contributed by atoms with Gasteiger partial charge < -0.3 is 0 Å². The molecule has 1 nitrogen and oxygen atoms in total. The molecule has 1 radical (unpaired) electrons. The van der Waals surface area contributed by atoms with Crippen LogP contribution >= 0.6 is 0 Å². The third-order valence-electron chi connectivity index (χ3n) is 2.22. The zero-order valence-corrected chi connectivity index (χ0v) is 10.3. The monoisotopic (exact) mass is 207 g/mol. The lowest BCUT2D eigenvalue weighted by atomic mass is 9.91. The van der Waals surface area contributed by atoms with Crippen molar-refractivity contribution in [3.8, 4) is 0 Å². The van der Waals surface area contributed by atoms with Gasteiger partial charge in [-0.05, 0) is 32.1 Å². The van der Waals surface area contributed by atoms with Crippen molar-refractivity contribution in [2.75, 3.05) is 0 Å². The third kappa shape index (κ3) is 9.45. The molecular formula is C14H23O. The average molecular weight is 207 g/mol. The molecule has 0 aromatic rings. The van der Waals surface area contributed by atoms with Gasteiger partial charge in [-0.25, -0.2) is 0 Å². The first-order chi connectivity index (χ1) is 7.12. The van der Waals surface area contributed by atoms with Crippen molar-refractivity contribution in [3.63, 3.8) is 0 Å². The predicted molar refractivity (Wildman–Crippen MR) is 66.5 cm³/mol. The number of carbonyl (C=O) groups excluding carboxylic acids is 1. The second-order valence-electron chi connectivity index (χ2n) is 4.47. The van der Waals surface area contributed by atoms with Crippen molar-refractivity contribution in [3.05, 3.63) is 24.3 Å². The molecule has 0 aromatic carbocycles. The Bertz CT molecular complexity index is 211. The molecule has 0 heterocycles. The SMILES string of the molecule is CCC=CCCCC=CCC(C)(C)[C]=O. The fourth-order valence-corrected chi connectivity index (χ4v) is 1.18. The van der Waals surface area contributed by atoms with Gasteiger partial charge in [-0.3, -0.25) is 4.79 Å². The van der Waals surface area contributed by atoms with Crippen LogP contribution in [0.1, 0.15) is 52.9 Å². The predicted octanol–water partition coefficient (Wildman–Crippen LogP) is 4.21. The first kappa shape index (κ1) is 14.2. The Hall–Kier alpha value is -0.850. The van der Waals surface area contributed by atoms with Crippen LogP contribution in [-0.4, -0.2) is 6.29 Å². The summed E-state index contributed by atoms with van der Waals surface area (Å²) in [5, 5.41) is 0. The van der Waals surface area contributed by atoms with E-state index in [1.54, 1.807) is 0 Å². The molecular weight excluding hydrogens is 184 g/mol. The average Bonchev–Trinajstić information content (AvgIpc) is 2.22. The van der Waals surface area contributed by atoms with Gasteiger partial charge in [0.05, 0.1) is 0 Å². The van der Waals surface area contributed by atoms with Gasteiger partial charge in [-0.1, -0.05) is 45.1 Å². The number of allylic oxidation sites excluding steroid dienone is 4. The fraction of sp³-hybridized carbons (Fsp3) is 0.643.